The summed E-state index contributed by atoms with van der Waals surface area (Å²) >= 11 is 5.94. The van der Waals surface area contributed by atoms with Crippen molar-refractivity contribution in [3.05, 3.63) is 34.3 Å². The summed E-state index contributed by atoms with van der Waals surface area (Å²) in [6.45, 7) is 2.93. The summed E-state index contributed by atoms with van der Waals surface area (Å²) in [5.74, 6) is -0.148. The molecule has 2 rings (SSSR count). The number of amides is 1. The molecule has 1 amide bonds. The second-order valence-electron chi connectivity index (χ2n) is 4.75. The van der Waals surface area contributed by atoms with Crippen molar-refractivity contribution in [3.8, 4) is 0 Å². The first-order valence-corrected chi connectivity index (χ1v) is 8.00. The second kappa shape index (κ2) is 5.69. The predicted octanol–water partition coefficient (Wildman–Crippen LogP) is 0.610. The van der Waals surface area contributed by atoms with Gasteiger partial charge in [-0.15, -0.1) is 0 Å². The van der Waals surface area contributed by atoms with Crippen molar-refractivity contribution < 1.29 is 13.2 Å². The van der Waals surface area contributed by atoms with Gasteiger partial charge in [-0.25, -0.2) is 5.14 Å². The third-order valence-electron chi connectivity index (χ3n) is 3.17. The summed E-state index contributed by atoms with van der Waals surface area (Å²) in [6.07, 6.45) is 0. The normalized spacial score (nSPS) is 17.2. The number of nitrogens with zero attached hydrogens (tertiary/aromatic N) is 2. The fourth-order valence-corrected chi connectivity index (χ4v) is 3.15. The van der Waals surface area contributed by atoms with E-state index in [2.05, 4.69) is 0 Å². The highest BCUT2D eigenvalue weighted by molar-refractivity contribution is 7.86. The molecule has 1 aromatic rings. The van der Waals surface area contributed by atoms with Gasteiger partial charge in [-0.2, -0.15) is 12.7 Å². The van der Waals surface area contributed by atoms with Crippen molar-refractivity contribution in [1.82, 2.24) is 9.21 Å². The summed E-state index contributed by atoms with van der Waals surface area (Å²) < 4.78 is 23.6. The van der Waals surface area contributed by atoms with Gasteiger partial charge < -0.3 is 4.90 Å². The molecule has 1 aromatic carbocycles. The Bertz CT molecular complexity index is 605. The van der Waals surface area contributed by atoms with Crippen LogP contribution in [0.1, 0.15) is 15.9 Å². The van der Waals surface area contributed by atoms with E-state index in [1.807, 2.05) is 6.92 Å². The summed E-state index contributed by atoms with van der Waals surface area (Å²) in [7, 11) is -3.68. The van der Waals surface area contributed by atoms with Crippen LogP contribution < -0.4 is 5.14 Å². The molecule has 1 saturated heterocycles. The number of piperazine rings is 1. The Balaban J connectivity index is 2.09. The first-order chi connectivity index (χ1) is 9.27. The number of carbonyl (C=O) groups excluding carboxylic acids is 1. The van der Waals surface area contributed by atoms with Crippen LogP contribution in [-0.2, 0) is 10.2 Å². The van der Waals surface area contributed by atoms with Gasteiger partial charge >= 0.3 is 0 Å². The Morgan fingerprint density at radius 1 is 1.20 bits per heavy atom. The molecule has 1 aliphatic rings. The molecule has 1 heterocycles. The molecule has 20 heavy (non-hydrogen) atoms. The van der Waals surface area contributed by atoms with Crippen molar-refractivity contribution >= 4 is 27.7 Å². The summed E-state index contributed by atoms with van der Waals surface area (Å²) in [4.78, 5) is 13.9. The fourth-order valence-electron chi connectivity index (χ4n) is 2.19. The standard InChI is InChI=1S/C12H16ClN3O3S/c1-9-6-10(8-11(13)7-9)12(17)15-2-4-16(5-3-15)20(14,18)19/h6-8H,2-5H2,1H3,(H2,14,18,19). The lowest BCUT2D eigenvalue weighted by molar-refractivity contribution is 0.0698. The van der Waals surface area contributed by atoms with Crippen molar-refractivity contribution in [2.45, 2.75) is 6.92 Å². The SMILES string of the molecule is Cc1cc(Cl)cc(C(=O)N2CCN(S(N)(=O)=O)CC2)c1. The topological polar surface area (TPSA) is 83.7 Å². The Morgan fingerprint density at radius 2 is 1.80 bits per heavy atom. The van der Waals surface area contributed by atoms with Gasteiger partial charge in [-0.05, 0) is 30.7 Å². The summed E-state index contributed by atoms with van der Waals surface area (Å²) in [5, 5.41) is 5.57. The lowest BCUT2D eigenvalue weighted by atomic mass is 10.1. The Morgan fingerprint density at radius 3 is 2.30 bits per heavy atom. The molecule has 1 fully saturated rings. The zero-order chi connectivity index (χ0) is 14.9. The van der Waals surface area contributed by atoms with Crippen molar-refractivity contribution in [2.24, 2.45) is 5.14 Å². The van der Waals surface area contributed by atoms with Crippen LogP contribution in [0.3, 0.4) is 0 Å². The highest BCUT2D eigenvalue weighted by Crippen LogP contribution is 2.17. The second-order valence-corrected chi connectivity index (χ2v) is 6.74. The number of rotatable bonds is 2. The molecule has 0 unspecified atom stereocenters. The van der Waals surface area contributed by atoms with Gasteiger partial charge in [0.25, 0.3) is 16.1 Å². The van der Waals surface area contributed by atoms with Crippen LogP contribution in [0.4, 0.5) is 0 Å². The van der Waals surface area contributed by atoms with Gasteiger partial charge in [0.15, 0.2) is 0 Å². The zero-order valence-electron chi connectivity index (χ0n) is 11.0. The molecule has 0 spiro atoms. The van der Waals surface area contributed by atoms with E-state index in [1.165, 1.54) is 4.31 Å². The average Bonchev–Trinajstić information content (AvgIpc) is 2.36. The average molecular weight is 318 g/mol. The molecule has 1 aliphatic heterocycles. The first kappa shape index (κ1) is 15.2. The van der Waals surface area contributed by atoms with Crippen LogP contribution in [0.5, 0.6) is 0 Å². The molecule has 0 saturated carbocycles. The van der Waals surface area contributed by atoms with E-state index in [-0.39, 0.29) is 19.0 Å². The van der Waals surface area contributed by atoms with Crippen LogP contribution in [0.25, 0.3) is 0 Å². The predicted molar refractivity (Wildman–Crippen MR) is 76.8 cm³/mol. The van der Waals surface area contributed by atoms with Crippen LogP contribution in [0, 0.1) is 6.92 Å². The van der Waals surface area contributed by atoms with E-state index in [0.717, 1.165) is 5.56 Å². The number of benzene rings is 1. The van der Waals surface area contributed by atoms with Gasteiger partial charge in [0.05, 0.1) is 0 Å². The van der Waals surface area contributed by atoms with E-state index >= 15 is 0 Å². The van der Waals surface area contributed by atoms with Gasteiger partial charge in [0.1, 0.15) is 0 Å². The lowest BCUT2D eigenvalue weighted by Crippen LogP contribution is -2.52. The molecule has 0 aliphatic carbocycles. The maximum atomic E-state index is 12.3. The molecular formula is C12H16ClN3O3S. The van der Waals surface area contributed by atoms with Crippen LogP contribution >= 0.6 is 11.6 Å². The largest absolute Gasteiger partial charge is 0.336 e. The molecular weight excluding hydrogens is 302 g/mol. The Hall–Kier alpha value is -1.15. The lowest BCUT2D eigenvalue weighted by Gasteiger charge is -2.33. The van der Waals surface area contributed by atoms with Crippen molar-refractivity contribution in [1.29, 1.82) is 0 Å². The van der Waals surface area contributed by atoms with E-state index in [9.17, 15) is 13.2 Å². The molecule has 0 radical (unpaired) electrons. The Kier molecular flexibility index (Phi) is 4.33. The molecule has 0 bridgehead atoms. The Labute approximate surface area is 123 Å². The number of halogens is 1. The van der Waals surface area contributed by atoms with Crippen LogP contribution in [0.2, 0.25) is 5.02 Å². The number of carbonyl (C=O) groups is 1. The maximum Gasteiger partial charge on any atom is 0.277 e. The van der Waals surface area contributed by atoms with E-state index in [4.69, 9.17) is 16.7 Å². The third-order valence-corrected chi connectivity index (χ3v) is 4.48. The minimum absolute atomic E-state index is 0.148. The number of aryl methyl sites for hydroxylation is 1. The minimum atomic E-state index is -3.68. The van der Waals surface area contributed by atoms with Gasteiger partial charge in [-0.3, -0.25) is 4.79 Å². The summed E-state index contributed by atoms with van der Waals surface area (Å²) in [6, 6.07) is 5.15. The van der Waals surface area contributed by atoms with E-state index in [0.29, 0.717) is 23.7 Å². The smallest absolute Gasteiger partial charge is 0.277 e. The maximum absolute atomic E-state index is 12.3. The highest BCUT2D eigenvalue weighted by Gasteiger charge is 2.27. The molecule has 6 nitrogen and oxygen atoms in total. The number of nitrogens with two attached hydrogens (primary N) is 1. The third kappa shape index (κ3) is 3.49. The number of hydrogen-bond donors (Lipinski definition) is 1. The molecule has 8 heteroatoms. The first-order valence-electron chi connectivity index (χ1n) is 6.12. The monoisotopic (exact) mass is 317 g/mol. The van der Waals surface area contributed by atoms with Crippen LogP contribution in [0.15, 0.2) is 18.2 Å². The molecule has 110 valence electrons. The van der Waals surface area contributed by atoms with Gasteiger partial charge in [-0.1, -0.05) is 11.6 Å². The number of hydrogen-bond acceptors (Lipinski definition) is 3. The van der Waals surface area contributed by atoms with Crippen molar-refractivity contribution in [2.75, 3.05) is 26.2 Å². The summed E-state index contributed by atoms with van der Waals surface area (Å²) in [5.41, 5.74) is 1.42. The van der Waals surface area contributed by atoms with Gasteiger partial charge in [0, 0.05) is 36.8 Å². The van der Waals surface area contributed by atoms with E-state index in [1.54, 1.807) is 23.1 Å². The molecule has 0 atom stereocenters. The zero-order valence-corrected chi connectivity index (χ0v) is 12.6. The molecule has 2 N–H and O–H groups in total. The molecule has 0 aromatic heterocycles. The minimum Gasteiger partial charge on any atom is -0.336 e. The quantitative estimate of drug-likeness (QED) is 0.867. The van der Waals surface area contributed by atoms with E-state index < -0.39 is 10.2 Å². The van der Waals surface area contributed by atoms with Crippen LogP contribution in [-0.4, -0.2) is 49.7 Å². The van der Waals surface area contributed by atoms with Gasteiger partial charge in [0.2, 0.25) is 0 Å². The fraction of sp³-hybridized carbons (Fsp3) is 0.417. The van der Waals surface area contributed by atoms with Crippen molar-refractivity contribution in [3.63, 3.8) is 0 Å². The highest BCUT2D eigenvalue weighted by atomic mass is 35.5.